The molecule has 2 amide bonds. The summed E-state index contributed by atoms with van der Waals surface area (Å²) in [5, 5.41) is 5.94. The van der Waals surface area contributed by atoms with Crippen LogP contribution in [-0.4, -0.2) is 18.6 Å². The summed E-state index contributed by atoms with van der Waals surface area (Å²) in [5.41, 5.74) is 0.906. The molecule has 0 atom stereocenters. The SMILES string of the molecule is O=C(CC(=O)Nc1ccc(Cl)cc1Cl)Nc1ccc2c(c1)OCO2. The van der Waals surface area contributed by atoms with Crippen LogP contribution in [0.1, 0.15) is 6.42 Å². The molecule has 2 N–H and O–H groups in total. The second kappa shape index (κ2) is 6.98. The molecule has 1 heterocycles. The van der Waals surface area contributed by atoms with Crippen molar-refractivity contribution >= 4 is 46.4 Å². The van der Waals surface area contributed by atoms with Crippen LogP contribution in [0.25, 0.3) is 0 Å². The van der Waals surface area contributed by atoms with Gasteiger partial charge in [0.25, 0.3) is 0 Å². The molecule has 0 unspecified atom stereocenters. The Kier molecular flexibility index (Phi) is 4.78. The zero-order chi connectivity index (χ0) is 17.1. The highest BCUT2D eigenvalue weighted by Gasteiger charge is 2.16. The highest BCUT2D eigenvalue weighted by Crippen LogP contribution is 2.34. The van der Waals surface area contributed by atoms with Crippen molar-refractivity contribution in [1.82, 2.24) is 0 Å². The number of nitrogens with one attached hydrogen (secondary N) is 2. The molecule has 2 aromatic carbocycles. The first kappa shape index (κ1) is 16.4. The van der Waals surface area contributed by atoms with Crippen molar-refractivity contribution in [2.24, 2.45) is 0 Å². The summed E-state index contributed by atoms with van der Waals surface area (Å²) >= 11 is 11.8. The van der Waals surface area contributed by atoms with E-state index < -0.39 is 11.8 Å². The van der Waals surface area contributed by atoms with E-state index in [0.29, 0.717) is 32.9 Å². The van der Waals surface area contributed by atoms with Gasteiger partial charge in [0.1, 0.15) is 6.42 Å². The summed E-state index contributed by atoms with van der Waals surface area (Å²) < 4.78 is 10.4. The van der Waals surface area contributed by atoms with Gasteiger partial charge >= 0.3 is 0 Å². The third kappa shape index (κ3) is 3.90. The van der Waals surface area contributed by atoms with Crippen LogP contribution in [0.4, 0.5) is 11.4 Å². The predicted molar refractivity (Wildman–Crippen MR) is 90.9 cm³/mol. The third-order valence-corrected chi connectivity index (χ3v) is 3.73. The maximum Gasteiger partial charge on any atom is 0.233 e. The molecule has 0 saturated heterocycles. The Balaban J connectivity index is 1.57. The molecule has 0 aromatic heterocycles. The van der Waals surface area contributed by atoms with Crippen molar-refractivity contribution in [2.45, 2.75) is 6.42 Å². The molecule has 2 aromatic rings. The minimum atomic E-state index is -0.488. The first-order valence-corrected chi connectivity index (χ1v) is 7.71. The smallest absolute Gasteiger partial charge is 0.233 e. The molecule has 0 fully saturated rings. The van der Waals surface area contributed by atoms with Crippen molar-refractivity contribution in [1.29, 1.82) is 0 Å². The lowest BCUT2D eigenvalue weighted by Crippen LogP contribution is -2.21. The maximum absolute atomic E-state index is 12.0. The Morgan fingerprint density at radius 3 is 2.50 bits per heavy atom. The third-order valence-electron chi connectivity index (χ3n) is 3.18. The van der Waals surface area contributed by atoms with E-state index in [2.05, 4.69) is 10.6 Å². The molecule has 0 saturated carbocycles. The number of carbonyl (C=O) groups is 2. The Labute approximate surface area is 147 Å². The van der Waals surface area contributed by atoms with Crippen LogP contribution in [0.5, 0.6) is 11.5 Å². The Morgan fingerprint density at radius 2 is 1.71 bits per heavy atom. The molecule has 6 nitrogen and oxygen atoms in total. The summed E-state index contributed by atoms with van der Waals surface area (Å²) in [6.07, 6.45) is -0.354. The van der Waals surface area contributed by atoms with Crippen LogP contribution >= 0.6 is 23.2 Å². The Hall–Kier alpha value is -2.44. The molecule has 1 aliphatic heterocycles. The Morgan fingerprint density at radius 1 is 0.958 bits per heavy atom. The number of fused-ring (bicyclic) bond motifs is 1. The topological polar surface area (TPSA) is 76.7 Å². The Bertz CT molecular complexity index is 811. The molecule has 24 heavy (non-hydrogen) atoms. The van der Waals surface area contributed by atoms with E-state index in [1.807, 2.05) is 0 Å². The average molecular weight is 367 g/mol. The molecule has 3 rings (SSSR count). The lowest BCUT2D eigenvalue weighted by Gasteiger charge is -2.08. The zero-order valence-corrected chi connectivity index (χ0v) is 13.8. The number of ether oxygens (including phenoxy) is 2. The number of hydrogen-bond donors (Lipinski definition) is 2. The highest BCUT2D eigenvalue weighted by atomic mass is 35.5. The van der Waals surface area contributed by atoms with Gasteiger partial charge in [0.2, 0.25) is 18.6 Å². The van der Waals surface area contributed by atoms with Crippen molar-refractivity contribution < 1.29 is 19.1 Å². The number of anilines is 2. The van der Waals surface area contributed by atoms with Crippen LogP contribution < -0.4 is 20.1 Å². The fraction of sp³-hybridized carbons (Fsp3) is 0.125. The normalized spacial score (nSPS) is 11.9. The van der Waals surface area contributed by atoms with Crippen LogP contribution in [-0.2, 0) is 9.59 Å². The fourth-order valence-corrected chi connectivity index (χ4v) is 2.57. The van der Waals surface area contributed by atoms with Gasteiger partial charge in [-0.1, -0.05) is 23.2 Å². The van der Waals surface area contributed by atoms with Crippen molar-refractivity contribution in [2.75, 3.05) is 17.4 Å². The molecule has 0 radical (unpaired) electrons. The lowest BCUT2D eigenvalue weighted by atomic mass is 10.2. The monoisotopic (exact) mass is 366 g/mol. The van der Waals surface area contributed by atoms with Crippen LogP contribution in [0.3, 0.4) is 0 Å². The molecular formula is C16H12Cl2N2O4. The second-order valence-electron chi connectivity index (χ2n) is 4.97. The van der Waals surface area contributed by atoms with Gasteiger partial charge in [-0.3, -0.25) is 9.59 Å². The molecular weight excluding hydrogens is 355 g/mol. The van der Waals surface area contributed by atoms with Gasteiger partial charge in [0.05, 0.1) is 10.7 Å². The molecule has 0 spiro atoms. The minimum absolute atomic E-state index is 0.150. The van der Waals surface area contributed by atoms with E-state index in [4.69, 9.17) is 32.7 Å². The standard InChI is InChI=1S/C16H12Cl2N2O4/c17-9-1-3-12(11(18)5-9)20-16(22)7-15(21)19-10-2-4-13-14(6-10)24-8-23-13/h1-6H,7-8H2,(H,19,21)(H,20,22). The molecule has 0 bridgehead atoms. The van der Waals surface area contributed by atoms with Crippen molar-refractivity contribution in [3.8, 4) is 11.5 Å². The summed E-state index contributed by atoms with van der Waals surface area (Å²) in [4.78, 5) is 23.9. The van der Waals surface area contributed by atoms with E-state index in [-0.39, 0.29) is 13.2 Å². The molecule has 124 valence electrons. The highest BCUT2D eigenvalue weighted by molar-refractivity contribution is 6.36. The largest absolute Gasteiger partial charge is 0.454 e. The summed E-state index contributed by atoms with van der Waals surface area (Å²) in [7, 11) is 0. The number of rotatable bonds is 4. The number of carbonyl (C=O) groups excluding carboxylic acids is 2. The maximum atomic E-state index is 12.0. The quantitative estimate of drug-likeness (QED) is 0.809. The van der Waals surface area contributed by atoms with Crippen molar-refractivity contribution in [3.05, 3.63) is 46.4 Å². The van der Waals surface area contributed by atoms with Crippen molar-refractivity contribution in [3.63, 3.8) is 0 Å². The van der Waals surface area contributed by atoms with Gasteiger partial charge in [-0.2, -0.15) is 0 Å². The number of benzene rings is 2. The van der Waals surface area contributed by atoms with E-state index in [1.165, 1.54) is 6.07 Å². The van der Waals surface area contributed by atoms with Crippen LogP contribution in [0, 0.1) is 0 Å². The van der Waals surface area contributed by atoms with Gasteiger partial charge in [-0.05, 0) is 30.3 Å². The zero-order valence-electron chi connectivity index (χ0n) is 12.3. The van der Waals surface area contributed by atoms with Gasteiger partial charge < -0.3 is 20.1 Å². The van der Waals surface area contributed by atoms with E-state index >= 15 is 0 Å². The number of amides is 2. The summed E-state index contributed by atoms with van der Waals surface area (Å²) in [5.74, 6) is 0.210. The first-order chi connectivity index (χ1) is 11.5. The number of halogens is 2. The molecule has 1 aliphatic rings. The van der Waals surface area contributed by atoms with E-state index in [9.17, 15) is 9.59 Å². The van der Waals surface area contributed by atoms with Gasteiger partial charge in [-0.25, -0.2) is 0 Å². The number of hydrogen-bond acceptors (Lipinski definition) is 4. The average Bonchev–Trinajstić information content (AvgIpc) is 2.97. The minimum Gasteiger partial charge on any atom is -0.454 e. The van der Waals surface area contributed by atoms with Gasteiger partial charge in [0, 0.05) is 16.8 Å². The predicted octanol–water partition coefficient (Wildman–Crippen LogP) is 3.69. The summed E-state index contributed by atoms with van der Waals surface area (Å²) in [6.45, 7) is 0.150. The summed E-state index contributed by atoms with van der Waals surface area (Å²) in [6, 6.07) is 9.65. The van der Waals surface area contributed by atoms with Crippen LogP contribution in [0.2, 0.25) is 10.0 Å². The molecule has 8 heteroatoms. The van der Waals surface area contributed by atoms with Gasteiger partial charge in [0.15, 0.2) is 11.5 Å². The molecule has 0 aliphatic carbocycles. The lowest BCUT2D eigenvalue weighted by molar-refractivity contribution is -0.123. The first-order valence-electron chi connectivity index (χ1n) is 6.95. The fourth-order valence-electron chi connectivity index (χ4n) is 2.11. The van der Waals surface area contributed by atoms with E-state index in [1.54, 1.807) is 30.3 Å². The second-order valence-corrected chi connectivity index (χ2v) is 5.81. The van der Waals surface area contributed by atoms with Gasteiger partial charge in [-0.15, -0.1) is 0 Å². The van der Waals surface area contributed by atoms with Crippen LogP contribution in [0.15, 0.2) is 36.4 Å². The van der Waals surface area contributed by atoms with E-state index in [0.717, 1.165) is 0 Å².